The van der Waals surface area contributed by atoms with E-state index < -0.39 is 5.60 Å². The Hall–Kier alpha value is -2.14. The molecule has 1 spiro atoms. The van der Waals surface area contributed by atoms with E-state index in [-0.39, 0.29) is 5.78 Å². The third-order valence-corrected chi connectivity index (χ3v) is 5.57. The first kappa shape index (κ1) is 16.3. The Labute approximate surface area is 152 Å². The molecular formula is C19H20ClN3O2. The zero-order valence-electron chi connectivity index (χ0n) is 14.4. The molecule has 0 aliphatic carbocycles. The zero-order chi connectivity index (χ0) is 17.6. The van der Waals surface area contributed by atoms with Crippen molar-refractivity contribution in [2.24, 2.45) is 0 Å². The van der Waals surface area contributed by atoms with Crippen LogP contribution in [-0.2, 0) is 0 Å². The van der Waals surface area contributed by atoms with Crippen LogP contribution in [0.4, 0.5) is 5.82 Å². The van der Waals surface area contributed by atoms with E-state index in [4.69, 9.17) is 16.3 Å². The van der Waals surface area contributed by atoms with Gasteiger partial charge < -0.3 is 9.64 Å². The molecule has 0 N–H and O–H groups in total. The number of piperidine rings is 1. The molecular weight excluding hydrogens is 338 g/mol. The molecule has 0 saturated carbocycles. The van der Waals surface area contributed by atoms with Gasteiger partial charge in [-0.15, -0.1) is 0 Å². The summed E-state index contributed by atoms with van der Waals surface area (Å²) in [5.41, 5.74) is 2.08. The van der Waals surface area contributed by atoms with Gasteiger partial charge in [0.25, 0.3) is 0 Å². The lowest BCUT2D eigenvalue weighted by Crippen LogP contribution is -2.51. The molecule has 0 radical (unpaired) electrons. The van der Waals surface area contributed by atoms with E-state index in [1.165, 1.54) is 0 Å². The van der Waals surface area contributed by atoms with Crippen LogP contribution in [0.25, 0.3) is 0 Å². The molecule has 130 valence electrons. The first-order chi connectivity index (χ1) is 12.0. The van der Waals surface area contributed by atoms with Crippen molar-refractivity contribution in [1.29, 1.82) is 0 Å². The van der Waals surface area contributed by atoms with Crippen LogP contribution in [-0.4, -0.2) is 34.4 Å². The summed E-state index contributed by atoms with van der Waals surface area (Å²) in [7, 11) is 0. The van der Waals surface area contributed by atoms with Crippen LogP contribution in [0.15, 0.2) is 24.5 Å². The molecule has 1 fully saturated rings. The summed E-state index contributed by atoms with van der Waals surface area (Å²) < 4.78 is 6.34. The first-order valence-corrected chi connectivity index (χ1v) is 8.90. The highest BCUT2D eigenvalue weighted by atomic mass is 35.5. The van der Waals surface area contributed by atoms with Crippen molar-refractivity contribution in [1.82, 2.24) is 9.97 Å². The Morgan fingerprint density at radius 2 is 1.92 bits per heavy atom. The number of anilines is 1. The van der Waals surface area contributed by atoms with E-state index in [1.807, 2.05) is 26.0 Å². The fourth-order valence-corrected chi connectivity index (χ4v) is 3.81. The molecule has 0 amide bonds. The molecule has 2 aliphatic rings. The lowest BCUT2D eigenvalue weighted by Gasteiger charge is -2.44. The summed E-state index contributed by atoms with van der Waals surface area (Å²) in [6, 6.07) is 5.61. The third-order valence-electron chi connectivity index (χ3n) is 5.16. The van der Waals surface area contributed by atoms with Crippen LogP contribution in [0.1, 0.15) is 40.9 Å². The number of rotatable bonds is 1. The SMILES string of the molecule is Cc1cc(N2CCC3(CC2)CC(=O)c2cc(Cl)c(C)cc2O3)ncn1. The minimum absolute atomic E-state index is 0.120. The highest BCUT2D eigenvalue weighted by Gasteiger charge is 2.43. The molecule has 6 heteroatoms. The second kappa shape index (κ2) is 5.99. The largest absolute Gasteiger partial charge is 0.486 e. The summed E-state index contributed by atoms with van der Waals surface area (Å²) in [5.74, 6) is 1.73. The van der Waals surface area contributed by atoms with Crippen LogP contribution in [0.2, 0.25) is 5.02 Å². The minimum atomic E-state index is -0.414. The molecule has 1 aromatic carbocycles. The molecule has 2 aromatic rings. The maximum Gasteiger partial charge on any atom is 0.170 e. The lowest BCUT2D eigenvalue weighted by atomic mass is 9.82. The van der Waals surface area contributed by atoms with Gasteiger partial charge in [0.1, 0.15) is 23.5 Å². The van der Waals surface area contributed by atoms with Crippen molar-refractivity contribution >= 4 is 23.2 Å². The Kier molecular flexibility index (Phi) is 3.91. The number of carbonyl (C=O) groups is 1. The molecule has 1 aromatic heterocycles. The summed E-state index contributed by atoms with van der Waals surface area (Å²) in [4.78, 5) is 23.4. The van der Waals surface area contributed by atoms with Crippen molar-refractivity contribution < 1.29 is 9.53 Å². The quantitative estimate of drug-likeness (QED) is 0.778. The number of nitrogens with zero attached hydrogens (tertiary/aromatic N) is 3. The Bertz CT molecular complexity index is 845. The molecule has 0 unspecified atom stereocenters. The van der Waals surface area contributed by atoms with Crippen LogP contribution in [0.5, 0.6) is 5.75 Å². The number of carbonyl (C=O) groups excluding carboxylic acids is 1. The average molecular weight is 358 g/mol. The van der Waals surface area contributed by atoms with E-state index in [2.05, 4.69) is 14.9 Å². The number of Topliss-reactive ketones (excluding diaryl/α,β-unsaturated/α-hetero) is 1. The second-order valence-electron chi connectivity index (χ2n) is 6.99. The van der Waals surface area contributed by atoms with Crippen molar-refractivity contribution in [3.63, 3.8) is 0 Å². The first-order valence-electron chi connectivity index (χ1n) is 8.52. The van der Waals surface area contributed by atoms with Gasteiger partial charge in [0.2, 0.25) is 0 Å². The van der Waals surface area contributed by atoms with Gasteiger partial charge in [0.15, 0.2) is 5.78 Å². The summed E-state index contributed by atoms with van der Waals surface area (Å²) in [6.07, 6.45) is 3.60. The number of fused-ring (bicyclic) bond motifs is 1. The van der Waals surface area contributed by atoms with Crippen LogP contribution in [0, 0.1) is 13.8 Å². The number of aryl methyl sites for hydroxylation is 2. The molecule has 3 heterocycles. The predicted octanol–water partition coefficient (Wildman–Crippen LogP) is 3.75. The van der Waals surface area contributed by atoms with Gasteiger partial charge in [0.05, 0.1) is 12.0 Å². The van der Waals surface area contributed by atoms with E-state index in [1.54, 1.807) is 12.4 Å². The summed E-state index contributed by atoms with van der Waals surface area (Å²) in [5, 5.41) is 0.612. The van der Waals surface area contributed by atoms with Crippen LogP contribution in [0.3, 0.4) is 0 Å². The Morgan fingerprint density at radius 3 is 2.64 bits per heavy atom. The van der Waals surface area contributed by atoms with Crippen molar-refractivity contribution in [3.05, 3.63) is 46.4 Å². The number of halogens is 1. The maximum atomic E-state index is 12.6. The monoisotopic (exact) mass is 357 g/mol. The number of hydrogen-bond donors (Lipinski definition) is 0. The molecule has 0 atom stereocenters. The number of hydrogen-bond acceptors (Lipinski definition) is 5. The van der Waals surface area contributed by atoms with E-state index >= 15 is 0 Å². The Morgan fingerprint density at radius 1 is 1.16 bits per heavy atom. The minimum Gasteiger partial charge on any atom is -0.486 e. The number of ketones is 1. The fraction of sp³-hybridized carbons (Fsp3) is 0.421. The smallest absolute Gasteiger partial charge is 0.170 e. The van der Waals surface area contributed by atoms with E-state index in [0.29, 0.717) is 22.8 Å². The fourth-order valence-electron chi connectivity index (χ4n) is 3.65. The summed E-state index contributed by atoms with van der Waals surface area (Å²) in [6.45, 7) is 5.51. The van der Waals surface area contributed by atoms with E-state index in [9.17, 15) is 4.79 Å². The summed E-state index contributed by atoms with van der Waals surface area (Å²) >= 11 is 6.16. The predicted molar refractivity (Wildman–Crippen MR) is 96.7 cm³/mol. The van der Waals surface area contributed by atoms with Crippen LogP contribution < -0.4 is 9.64 Å². The molecule has 4 rings (SSSR count). The highest BCUT2D eigenvalue weighted by Crippen LogP contribution is 2.41. The topological polar surface area (TPSA) is 55.3 Å². The lowest BCUT2D eigenvalue weighted by molar-refractivity contribution is 0.0231. The number of ether oxygens (including phenoxy) is 1. The van der Waals surface area contributed by atoms with Gasteiger partial charge in [-0.05, 0) is 31.5 Å². The van der Waals surface area contributed by atoms with Gasteiger partial charge >= 0.3 is 0 Å². The van der Waals surface area contributed by atoms with Crippen LogP contribution >= 0.6 is 11.6 Å². The molecule has 2 aliphatic heterocycles. The number of benzene rings is 1. The third kappa shape index (κ3) is 2.97. The number of aromatic nitrogens is 2. The zero-order valence-corrected chi connectivity index (χ0v) is 15.1. The standard InChI is InChI=1S/C19H20ClN3O2/c1-12-7-17-14(9-15(12)20)16(24)10-19(25-17)3-5-23(6-4-19)18-8-13(2)21-11-22-18/h7-9,11H,3-6,10H2,1-2H3. The Balaban J connectivity index is 1.55. The maximum absolute atomic E-state index is 12.6. The molecule has 25 heavy (non-hydrogen) atoms. The van der Waals surface area contributed by atoms with Crippen molar-refractivity contribution in [2.45, 2.75) is 38.7 Å². The van der Waals surface area contributed by atoms with Gasteiger partial charge in [0, 0.05) is 42.7 Å². The van der Waals surface area contributed by atoms with Gasteiger partial charge in [-0.3, -0.25) is 4.79 Å². The van der Waals surface area contributed by atoms with Gasteiger partial charge in [-0.2, -0.15) is 0 Å². The normalized spacial score (nSPS) is 18.8. The van der Waals surface area contributed by atoms with E-state index in [0.717, 1.165) is 43.0 Å². The molecule has 5 nitrogen and oxygen atoms in total. The second-order valence-corrected chi connectivity index (χ2v) is 7.39. The van der Waals surface area contributed by atoms with Gasteiger partial charge in [-0.1, -0.05) is 11.6 Å². The average Bonchev–Trinajstić information content (AvgIpc) is 2.58. The van der Waals surface area contributed by atoms with Crippen molar-refractivity contribution in [3.8, 4) is 5.75 Å². The highest BCUT2D eigenvalue weighted by molar-refractivity contribution is 6.31. The molecule has 1 saturated heterocycles. The van der Waals surface area contributed by atoms with Gasteiger partial charge in [-0.25, -0.2) is 9.97 Å². The molecule has 0 bridgehead atoms. The van der Waals surface area contributed by atoms with Crippen molar-refractivity contribution in [2.75, 3.05) is 18.0 Å².